The molecule has 0 saturated heterocycles. The minimum Gasteiger partial charge on any atom is -0.353 e. The van der Waals surface area contributed by atoms with E-state index in [0.717, 1.165) is 13.0 Å². The lowest BCUT2D eigenvalue weighted by Crippen LogP contribution is -2.24. The Morgan fingerprint density at radius 2 is 2.33 bits per heavy atom. The molecule has 1 aromatic rings. The highest BCUT2D eigenvalue weighted by Gasteiger charge is 2.35. The van der Waals surface area contributed by atoms with Gasteiger partial charge in [-0.3, -0.25) is 10.1 Å². The van der Waals surface area contributed by atoms with E-state index in [0.29, 0.717) is 17.7 Å². The maximum Gasteiger partial charge on any atom is 0.354 e. The molecule has 0 aliphatic heterocycles. The Balaban J connectivity index is 2.27. The summed E-state index contributed by atoms with van der Waals surface area (Å²) in [7, 11) is 1.79. The van der Waals surface area contributed by atoms with Crippen LogP contribution in [0.2, 0.25) is 0 Å². The van der Waals surface area contributed by atoms with Crippen molar-refractivity contribution in [3.8, 4) is 0 Å². The molecular formula is C10H16N6O2. The number of nitro groups is 1. The molecule has 18 heavy (non-hydrogen) atoms. The number of nitrogen functional groups attached to an aromatic ring is 1. The van der Waals surface area contributed by atoms with E-state index in [2.05, 4.69) is 22.3 Å². The molecule has 1 saturated carbocycles. The van der Waals surface area contributed by atoms with Crippen LogP contribution < -0.4 is 16.2 Å². The van der Waals surface area contributed by atoms with E-state index in [4.69, 9.17) is 5.84 Å². The summed E-state index contributed by atoms with van der Waals surface area (Å²) in [5.41, 5.74) is 2.05. The van der Waals surface area contributed by atoms with Crippen molar-refractivity contribution < 1.29 is 4.92 Å². The van der Waals surface area contributed by atoms with Crippen LogP contribution >= 0.6 is 0 Å². The first-order valence-corrected chi connectivity index (χ1v) is 5.71. The lowest BCUT2D eigenvalue weighted by atomic mass is 10.3. The summed E-state index contributed by atoms with van der Waals surface area (Å²) in [4.78, 5) is 20.1. The molecule has 3 N–H and O–H groups in total. The van der Waals surface area contributed by atoms with Gasteiger partial charge in [0.2, 0.25) is 11.6 Å². The minimum absolute atomic E-state index is 0.0284. The highest BCUT2D eigenvalue weighted by molar-refractivity contribution is 5.69. The van der Waals surface area contributed by atoms with Crippen molar-refractivity contribution in [3.05, 3.63) is 16.4 Å². The van der Waals surface area contributed by atoms with Crippen LogP contribution in [0, 0.1) is 22.0 Å². The summed E-state index contributed by atoms with van der Waals surface area (Å²) in [6, 6.07) is 0. The first-order chi connectivity index (χ1) is 8.54. The van der Waals surface area contributed by atoms with Crippen LogP contribution in [0.15, 0.2) is 6.33 Å². The quantitative estimate of drug-likeness (QED) is 0.452. The average molecular weight is 252 g/mol. The molecule has 8 heteroatoms. The molecule has 8 nitrogen and oxygen atoms in total. The van der Waals surface area contributed by atoms with Crippen molar-refractivity contribution in [2.45, 2.75) is 13.3 Å². The van der Waals surface area contributed by atoms with Crippen LogP contribution in [0.5, 0.6) is 0 Å². The van der Waals surface area contributed by atoms with Gasteiger partial charge in [0.25, 0.3) is 0 Å². The highest BCUT2D eigenvalue weighted by Crippen LogP contribution is 2.40. The molecule has 1 fully saturated rings. The summed E-state index contributed by atoms with van der Waals surface area (Å²) < 4.78 is 0. The Kier molecular flexibility index (Phi) is 3.28. The Morgan fingerprint density at radius 1 is 1.67 bits per heavy atom. The smallest absolute Gasteiger partial charge is 0.353 e. The van der Waals surface area contributed by atoms with Crippen LogP contribution in [0.25, 0.3) is 0 Å². The Hall–Kier alpha value is -1.96. The summed E-state index contributed by atoms with van der Waals surface area (Å²) in [5, 5.41) is 11.1. The predicted octanol–water partition coefficient (Wildman–Crippen LogP) is 0.763. The van der Waals surface area contributed by atoms with Crippen molar-refractivity contribution in [1.82, 2.24) is 9.97 Å². The molecule has 0 radical (unpaired) electrons. The normalized spacial score (nSPS) is 21.5. The fourth-order valence-electron chi connectivity index (χ4n) is 2.01. The molecule has 0 aromatic carbocycles. The number of hydrazine groups is 1. The fraction of sp³-hybridized carbons (Fsp3) is 0.600. The standard InChI is InChI=1S/C10H16N6O2/c1-6-3-7(6)4-15(2)10-8(16(17)18)9(14-11)12-5-13-10/h5-7H,3-4,11H2,1-2H3,(H,12,13,14). The number of nitrogens with zero attached hydrogens (tertiary/aromatic N) is 4. The van der Waals surface area contributed by atoms with Gasteiger partial charge >= 0.3 is 5.69 Å². The zero-order chi connectivity index (χ0) is 13.3. The van der Waals surface area contributed by atoms with Gasteiger partial charge in [-0.05, 0) is 18.3 Å². The zero-order valence-electron chi connectivity index (χ0n) is 10.3. The van der Waals surface area contributed by atoms with Gasteiger partial charge < -0.3 is 10.3 Å². The number of anilines is 2. The second-order valence-corrected chi connectivity index (χ2v) is 4.65. The minimum atomic E-state index is -0.517. The molecule has 98 valence electrons. The number of hydrogen-bond acceptors (Lipinski definition) is 7. The van der Waals surface area contributed by atoms with E-state index in [1.165, 1.54) is 6.33 Å². The molecular weight excluding hydrogens is 236 g/mol. The third-order valence-electron chi connectivity index (χ3n) is 3.27. The lowest BCUT2D eigenvalue weighted by Gasteiger charge is -2.18. The van der Waals surface area contributed by atoms with Crippen molar-refractivity contribution in [2.24, 2.45) is 17.7 Å². The molecule has 1 aromatic heterocycles. The predicted molar refractivity (Wildman–Crippen MR) is 67.0 cm³/mol. The maximum atomic E-state index is 11.1. The molecule has 0 amide bonds. The molecule has 1 aliphatic carbocycles. The summed E-state index contributed by atoms with van der Waals surface area (Å²) in [6.45, 7) is 2.92. The van der Waals surface area contributed by atoms with Crippen LogP contribution in [0.4, 0.5) is 17.3 Å². The summed E-state index contributed by atoms with van der Waals surface area (Å²) >= 11 is 0. The Morgan fingerprint density at radius 3 is 2.83 bits per heavy atom. The second-order valence-electron chi connectivity index (χ2n) is 4.65. The van der Waals surface area contributed by atoms with Crippen molar-refractivity contribution in [2.75, 3.05) is 23.9 Å². The molecule has 2 unspecified atom stereocenters. The second kappa shape index (κ2) is 4.73. The molecule has 1 aliphatic rings. The zero-order valence-corrected chi connectivity index (χ0v) is 10.3. The van der Waals surface area contributed by atoms with Crippen molar-refractivity contribution >= 4 is 17.3 Å². The average Bonchev–Trinajstić information content (AvgIpc) is 3.03. The van der Waals surface area contributed by atoms with Crippen LogP contribution in [-0.2, 0) is 0 Å². The van der Waals surface area contributed by atoms with E-state index in [1.807, 2.05) is 0 Å². The lowest BCUT2D eigenvalue weighted by molar-refractivity contribution is -0.383. The number of rotatable bonds is 5. The van der Waals surface area contributed by atoms with Crippen molar-refractivity contribution in [3.63, 3.8) is 0 Å². The van der Waals surface area contributed by atoms with Gasteiger partial charge in [0.15, 0.2) is 0 Å². The van der Waals surface area contributed by atoms with E-state index in [1.54, 1.807) is 11.9 Å². The van der Waals surface area contributed by atoms with Crippen LogP contribution in [-0.4, -0.2) is 28.5 Å². The number of hydrogen-bond donors (Lipinski definition) is 2. The van der Waals surface area contributed by atoms with Gasteiger partial charge in [-0.1, -0.05) is 6.92 Å². The third-order valence-corrected chi connectivity index (χ3v) is 3.27. The Labute approximate surface area is 104 Å². The SMILES string of the molecule is CC1CC1CN(C)c1ncnc(NN)c1[N+](=O)[O-]. The summed E-state index contributed by atoms with van der Waals surface area (Å²) in [6.07, 6.45) is 2.43. The van der Waals surface area contributed by atoms with Gasteiger partial charge in [0, 0.05) is 13.6 Å². The van der Waals surface area contributed by atoms with Gasteiger partial charge in [-0.25, -0.2) is 15.8 Å². The molecule has 1 heterocycles. The highest BCUT2D eigenvalue weighted by atomic mass is 16.6. The number of nitrogens with two attached hydrogens (primary N) is 1. The maximum absolute atomic E-state index is 11.1. The molecule has 2 rings (SSSR count). The molecule has 2 atom stereocenters. The van der Waals surface area contributed by atoms with Gasteiger partial charge in [-0.2, -0.15) is 0 Å². The molecule has 0 spiro atoms. The van der Waals surface area contributed by atoms with Gasteiger partial charge in [0.1, 0.15) is 6.33 Å². The fourth-order valence-corrected chi connectivity index (χ4v) is 2.01. The van der Waals surface area contributed by atoms with E-state index >= 15 is 0 Å². The summed E-state index contributed by atoms with van der Waals surface area (Å²) in [5.74, 6) is 6.82. The van der Waals surface area contributed by atoms with Gasteiger partial charge in [-0.15, -0.1) is 0 Å². The first-order valence-electron chi connectivity index (χ1n) is 5.71. The monoisotopic (exact) mass is 252 g/mol. The topological polar surface area (TPSA) is 110 Å². The number of aromatic nitrogens is 2. The van der Waals surface area contributed by atoms with E-state index in [-0.39, 0.29) is 11.5 Å². The number of nitrogens with one attached hydrogen (secondary N) is 1. The third kappa shape index (κ3) is 2.33. The largest absolute Gasteiger partial charge is 0.354 e. The van der Waals surface area contributed by atoms with Crippen LogP contribution in [0.3, 0.4) is 0 Å². The Bertz CT molecular complexity index is 466. The van der Waals surface area contributed by atoms with E-state index in [9.17, 15) is 10.1 Å². The first kappa shape index (κ1) is 12.5. The molecule has 0 bridgehead atoms. The van der Waals surface area contributed by atoms with Crippen LogP contribution in [0.1, 0.15) is 13.3 Å². The van der Waals surface area contributed by atoms with Gasteiger partial charge in [0.05, 0.1) is 4.92 Å². The van der Waals surface area contributed by atoms with E-state index < -0.39 is 4.92 Å². The van der Waals surface area contributed by atoms with Crippen molar-refractivity contribution in [1.29, 1.82) is 0 Å².